The lowest BCUT2D eigenvalue weighted by molar-refractivity contribution is 0.415. The van der Waals surface area contributed by atoms with Gasteiger partial charge in [-0.2, -0.15) is 0 Å². The molecule has 0 atom stereocenters. The molecule has 1 aromatic carbocycles. The Bertz CT molecular complexity index is 646. The van der Waals surface area contributed by atoms with Crippen molar-refractivity contribution in [2.75, 3.05) is 7.11 Å². The van der Waals surface area contributed by atoms with Gasteiger partial charge in [-0.3, -0.25) is 0 Å². The third kappa shape index (κ3) is 2.35. The molecule has 0 saturated heterocycles. The highest BCUT2D eigenvalue weighted by molar-refractivity contribution is 9.10. The molecule has 0 unspecified atom stereocenters. The topological polar surface area (TPSA) is 35.0 Å². The minimum Gasteiger partial charge on any atom is -0.496 e. The zero-order valence-corrected chi connectivity index (χ0v) is 12.8. The lowest BCUT2D eigenvalue weighted by Crippen LogP contribution is -1.98. The van der Waals surface area contributed by atoms with Crippen molar-refractivity contribution in [1.82, 2.24) is 10.2 Å². The smallest absolute Gasteiger partial charge is 0.152 e. The minimum atomic E-state index is 0.443. The summed E-state index contributed by atoms with van der Waals surface area (Å²) in [4.78, 5) is 0. The first kappa shape index (κ1) is 12.9. The van der Waals surface area contributed by atoms with Crippen LogP contribution in [0.15, 0.2) is 22.7 Å². The molecule has 0 fully saturated rings. The van der Waals surface area contributed by atoms with Crippen molar-refractivity contribution >= 4 is 27.5 Å². The molecule has 0 amide bonds. The lowest BCUT2D eigenvalue weighted by atomic mass is 10.0. The molecule has 5 heteroatoms. The number of nitrogens with zero attached hydrogens (tertiary/aromatic N) is 2. The van der Waals surface area contributed by atoms with Crippen LogP contribution in [0.25, 0.3) is 11.3 Å². The van der Waals surface area contributed by atoms with E-state index < -0.39 is 0 Å². The van der Waals surface area contributed by atoms with Crippen LogP contribution in [0.3, 0.4) is 0 Å². The highest BCUT2D eigenvalue weighted by atomic mass is 79.9. The van der Waals surface area contributed by atoms with Crippen LogP contribution in [0.2, 0.25) is 5.15 Å². The summed E-state index contributed by atoms with van der Waals surface area (Å²) in [7, 11) is 1.68. The molecule has 19 heavy (non-hydrogen) atoms. The van der Waals surface area contributed by atoms with Crippen molar-refractivity contribution in [3.63, 3.8) is 0 Å². The van der Waals surface area contributed by atoms with E-state index in [4.69, 9.17) is 16.3 Å². The molecule has 1 aromatic heterocycles. The minimum absolute atomic E-state index is 0.443. The second kappa shape index (κ2) is 5.10. The van der Waals surface area contributed by atoms with Crippen molar-refractivity contribution in [2.45, 2.75) is 19.3 Å². The average molecular weight is 340 g/mol. The van der Waals surface area contributed by atoms with Crippen LogP contribution in [0.1, 0.15) is 17.5 Å². The normalized spacial score (nSPS) is 13.4. The van der Waals surface area contributed by atoms with Crippen LogP contribution < -0.4 is 4.74 Å². The van der Waals surface area contributed by atoms with E-state index in [1.807, 2.05) is 12.1 Å². The first-order chi connectivity index (χ1) is 9.19. The van der Waals surface area contributed by atoms with Gasteiger partial charge < -0.3 is 4.74 Å². The summed E-state index contributed by atoms with van der Waals surface area (Å²) in [5.41, 5.74) is 4.31. The SMILES string of the molecule is COc1cc(Br)cc2c1-c1nnc(Cl)cc1CCC2. The Kier molecular flexibility index (Phi) is 3.46. The Morgan fingerprint density at radius 3 is 2.74 bits per heavy atom. The number of hydrogen-bond donors (Lipinski definition) is 0. The van der Waals surface area contributed by atoms with Crippen LogP contribution in [0.4, 0.5) is 0 Å². The number of rotatable bonds is 1. The summed E-state index contributed by atoms with van der Waals surface area (Å²) in [5.74, 6) is 0.823. The van der Waals surface area contributed by atoms with Gasteiger partial charge in [0.05, 0.1) is 7.11 Å². The monoisotopic (exact) mass is 338 g/mol. The van der Waals surface area contributed by atoms with Gasteiger partial charge in [0.1, 0.15) is 11.4 Å². The Morgan fingerprint density at radius 1 is 1.16 bits per heavy atom. The van der Waals surface area contributed by atoms with E-state index in [-0.39, 0.29) is 0 Å². The highest BCUT2D eigenvalue weighted by Gasteiger charge is 2.21. The van der Waals surface area contributed by atoms with Gasteiger partial charge in [-0.25, -0.2) is 0 Å². The molecule has 0 bridgehead atoms. The van der Waals surface area contributed by atoms with Gasteiger partial charge in [0.25, 0.3) is 0 Å². The molecule has 0 N–H and O–H groups in total. The summed E-state index contributed by atoms with van der Waals surface area (Å²) >= 11 is 9.47. The van der Waals surface area contributed by atoms with Gasteiger partial charge in [0.2, 0.25) is 0 Å². The predicted octanol–water partition coefficient (Wildman–Crippen LogP) is 4.06. The fraction of sp³-hybridized carbons (Fsp3) is 0.286. The largest absolute Gasteiger partial charge is 0.496 e. The number of fused-ring (bicyclic) bond motifs is 3. The molecular weight excluding hydrogens is 328 g/mol. The second-order valence-corrected chi connectivity index (χ2v) is 5.84. The fourth-order valence-corrected chi connectivity index (χ4v) is 3.19. The summed E-state index contributed by atoms with van der Waals surface area (Å²) in [5, 5.41) is 8.70. The third-order valence-corrected chi connectivity index (χ3v) is 3.98. The number of ether oxygens (including phenoxy) is 1. The molecule has 0 spiro atoms. The number of aromatic nitrogens is 2. The predicted molar refractivity (Wildman–Crippen MR) is 78.8 cm³/mol. The maximum absolute atomic E-state index is 5.94. The first-order valence-corrected chi connectivity index (χ1v) is 7.25. The molecule has 1 aliphatic carbocycles. The molecule has 2 aromatic rings. The van der Waals surface area contributed by atoms with Crippen LogP contribution in [0.5, 0.6) is 5.75 Å². The highest BCUT2D eigenvalue weighted by Crippen LogP contribution is 2.39. The van der Waals surface area contributed by atoms with Gasteiger partial charge in [0, 0.05) is 10.0 Å². The Labute approximate surface area is 125 Å². The van der Waals surface area contributed by atoms with E-state index in [1.165, 1.54) is 5.56 Å². The number of hydrogen-bond acceptors (Lipinski definition) is 3. The Hall–Kier alpha value is -1.13. The molecule has 0 radical (unpaired) electrons. The van der Waals surface area contributed by atoms with E-state index in [9.17, 15) is 0 Å². The Balaban J connectivity index is 2.30. The number of aryl methyl sites for hydroxylation is 2. The number of benzene rings is 1. The van der Waals surface area contributed by atoms with Crippen molar-refractivity contribution < 1.29 is 4.74 Å². The lowest BCUT2D eigenvalue weighted by Gasteiger charge is -2.13. The van der Waals surface area contributed by atoms with Gasteiger partial charge >= 0.3 is 0 Å². The summed E-state index contributed by atoms with van der Waals surface area (Å²) in [6.07, 6.45) is 3.03. The molecule has 0 saturated carbocycles. The molecule has 98 valence electrons. The van der Waals surface area contributed by atoms with Crippen LogP contribution >= 0.6 is 27.5 Å². The molecule has 1 aliphatic rings. The average Bonchev–Trinajstić information content (AvgIpc) is 2.56. The second-order valence-electron chi connectivity index (χ2n) is 4.54. The maximum atomic E-state index is 5.94. The van der Waals surface area contributed by atoms with E-state index in [0.29, 0.717) is 5.15 Å². The quantitative estimate of drug-likeness (QED) is 0.786. The summed E-state index contributed by atoms with van der Waals surface area (Å²) in [6, 6.07) is 5.99. The van der Waals surface area contributed by atoms with Crippen molar-refractivity contribution in [2.24, 2.45) is 0 Å². The zero-order valence-electron chi connectivity index (χ0n) is 10.4. The van der Waals surface area contributed by atoms with E-state index in [2.05, 4.69) is 32.2 Å². The van der Waals surface area contributed by atoms with Crippen LogP contribution in [-0.2, 0) is 12.8 Å². The van der Waals surface area contributed by atoms with Crippen molar-refractivity contribution in [1.29, 1.82) is 0 Å². The molecular formula is C14H12BrClN2O. The van der Waals surface area contributed by atoms with Crippen molar-refractivity contribution in [3.05, 3.63) is 39.0 Å². The van der Waals surface area contributed by atoms with Gasteiger partial charge in [-0.15, -0.1) is 10.2 Å². The summed E-state index contributed by atoms with van der Waals surface area (Å²) in [6.45, 7) is 0. The number of methoxy groups -OCH3 is 1. The van der Waals surface area contributed by atoms with E-state index in [1.54, 1.807) is 7.11 Å². The van der Waals surface area contributed by atoms with E-state index in [0.717, 1.165) is 46.3 Å². The zero-order chi connectivity index (χ0) is 13.4. The van der Waals surface area contributed by atoms with E-state index >= 15 is 0 Å². The van der Waals surface area contributed by atoms with Gasteiger partial charge in [0.15, 0.2) is 5.15 Å². The van der Waals surface area contributed by atoms with Crippen molar-refractivity contribution in [3.8, 4) is 17.0 Å². The molecule has 3 nitrogen and oxygen atoms in total. The Morgan fingerprint density at radius 2 is 1.95 bits per heavy atom. The van der Waals surface area contributed by atoms with Crippen LogP contribution in [0, 0.1) is 0 Å². The molecule has 0 aliphatic heterocycles. The first-order valence-electron chi connectivity index (χ1n) is 6.08. The van der Waals surface area contributed by atoms with Gasteiger partial charge in [-0.05, 0) is 48.6 Å². The maximum Gasteiger partial charge on any atom is 0.152 e. The third-order valence-electron chi connectivity index (χ3n) is 3.34. The summed E-state index contributed by atoms with van der Waals surface area (Å²) < 4.78 is 6.53. The van der Waals surface area contributed by atoms with Gasteiger partial charge in [-0.1, -0.05) is 27.5 Å². The standard InChI is InChI=1S/C14H12BrClN2O/c1-19-11-7-10(15)5-8-3-2-4-9-6-12(16)17-18-14(9)13(8)11/h5-7H,2-4H2,1H3. The number of halogens is 2. The van der Waals surface area contributed by atoms with Crippen LogP contribution in [-0.4, -0.2) is 17.3 Å². The molecule has 1 heterocycles. The molecule has 3 rings (SSSR count). The fourth-order valence-electron chi connectivity index (χ4n) is 2.54.